The summed E-state index contributed by atoms with van der Waals surface area (Å²) in [6.07, 6.45) is 1.92. The summed E-state index contributed by atoms with van der Waals surface area (Å²) in [4.78, 5) is 73.1. The van der Waals surface area contributed by atoms with Crippen LogP contribution in [0, 0.1) is 20.8 Å². The molecule has 3 aliphatic rings. The number of H-pyrrole nitrogens is 2. The maximum absolute atomic E-state index is 12.5. The molecule has 0 amide bonds. The number of aryl methyl sites for hydroxylation is 4. The molecule has 1 saturated heterocycles. The van der Waals surface area contributed by atoms with Crippen molar-refractivity contribution < 1.29 is 27.9 Å². The molecule has 1 fully saturated rings. The van der Waals surface area contributed by atoms with Gasteiger partial charge in [0.15, 0.2) is 11.5 Å². The van der Waals surface area contributed by atoms with Gasteiger partial charge in [0.05, 0.1) is 11.0 Å². The lowest BCUT2D eigenvalue weighted by molar-refractivity contribution is -0.150. The number of hydrogen-bond donors (Lipinski definition) is 2. The minimum absolute atomic E-state index is 0.107. The molecule has 0 radical (unpaired) electrons. The van der Waals surface area contributed by atoms with Crippen LogP contribution in [-0.2, 0) is 34.4 Å². The number of rotatable bonds is 13. The van der Waals surface area contributed by atoms with Gasteiger partial charge in [-0.3, -0.25) is 28.9 Å². The second-order valence-electron chi connectivity index (χ2n) is 11.5. The highest BCUT2D eigenvalue weighted by Gasteiger charge is 2.41. The molecule has 5 rings (SSSR count). The molecule has 4 atom stereocenters. The summed E-state index contributed by atoms with van der Waals surface area (Å²) in [6.45, 7) is 7.20. The van der Waals surface area contributed by atoms with Gasteiger partial charge < -0.3 is 14.0 Å². The van der Waals surface area contributed by atoms with Crippen LogP contribution in [0.15, 0.2) is 37.5 Å². The molecular weight excluding hydrogens is 635 g/mol. The zero-order valence-electron chi connectivity index (χ0n) is 26.4. The maximum atomic E-state index is 12.5. The number of carbonyl (C=O) groups is 1. The van der Waals surface area contributed by atoms with Crippen molar-refractivity contribution in [2.24, 2.45) is 0 Å². The number of carbonyl (C=O) groups excluding carboxylic acids is 1. The lowest BCUT2D eigenvalue weighted by Crippen LogP contribution is -2.33. The molecule has 17 heteroatoms. The molecule has 250 valence electrons. The third-order valence-corrected chi connectivity index (χ3v) is 8.75. The molecular formula is C30H36N6O10P+. The van der Waals surface area contributed by atoms with E-state index in [9.17, 15) is 28.5 Å². The zero-order valence-corrected chi connectivity index (χ0v) is 27.3. The second kappa shape index (κ2) is 14.6. The molecule has 0 aliphatic carbocycles. The average molecular weight is 672 g/mol. The number of hydrogen-bond acceptors (Lipinski definition) is 12. The van der Waals surface area contributed by atoms with E-state index in [1.54, 1.807) is 6.92 Å². The van der Waals surface area contributed by atoms with Crippen molar-refractivity contribution in [2.75, 3.05) is 13.2 Å². The Balaban J connectivity index is 1.10. The summed E-state index contributed by atoms with van der Waals surface area (Å²) < 4.78 is 37.4. The van der Waals surface area contributed by atoms with Gasteiger partial charge in [-0.2, -0.15) is 4.98 Å². The van der Waals surface area contributed by atoms with Gasteiger partial charge in [0.2, 0.25) is 0 Å². The van der Waals surface area contributed by atoms with Crippen LogP contribution in [0.3, 0.4) is 0 Å². The topological polar surface area (TPSA) is 207 Å². The second-order valence-corrected chi connectivity index (χ2v) is 12.5. The van der Waals surface area contributed by atoms with Gasteiger partial charge in [-0.25, -0.2) is 14.6 Å². The minimum atomic E-state index is -2.50. The van der Waals surface area contributed by atoms with Crippen molar-refractivity contribution >= 4 is 25.3 Å². The highest BCUT2D eigenvalue weighted by atomic mass is 31.1. The van der Waals surface area contributed by atoms with E-state index >= 15 is 0 Å². The number of aromatic amines is 2. The van der Waals surface area contributed by atoms with Crippen LogP contribution in [0.25, 0.3) is 22.6 Å². The highest BCUT2D eigenvalue weighted by Crippen LogP contribution is 2.33. The lowest BCUT2D eigenvalue weighted by atomic mass is 10.1. The van der Waals surface area contributed by atoms with Gasteiger partial charge in [-0.15, -0.1) is 9.05 Å². The average Bonchev–Trinajstić information content (AvgIpc) is 3.39. The minimum Gasteiger partial charge on any atom is -0.460 e. The van der Waals surface area contributed by atoms with Crippen LogP contribution in [-0.4, -0.2) is 60.5 Å². The van der Waals surface area contributed by atoms with Crippen molar-refractivity contribution in [3.8, 4) is 11.5 Å². The monoisotopic (exact) mass is 671 g/mol. The van der Waals surface area contributed by atoms with Crippen LogP contribution in [0.2, 0.25) is 0 Å². The number of fused-ring (bicyclic) bond motifs is 2. The van der Waals surface area contributed by atoms with Crippen molar-refractivity contribution in [3.05, 3.63) is 76.7 Å². The molecule has 0 saturated carbocycles. The molecule has 2 N–H and O–H groups in total. The van der Waals surface area contributed by atoms with Crippen LogP contribution in [0.4, 0.5) is 0 Å². The van der Waals surface area contributed by atoms with E-state index in [2.05, 4.69) is 19.9 Å². The van der Waals surface area contributed by atoms with E-state index < -0.39 is 55.2 Å². The third-order valence-electron chi connectivity index (χ3n) is 8.00. The smallest absolute Gasteiger partial charge is 0.460 e. The summed E-state index contributed by atoms with van der Waals surface area (Å²) in [7, 11) is -2.50. The fourth-order valence-corrected chi connectivity index (χ4v) is 6.09. The summed E-state index contributed by atoms with van der Waals surface area (Å²) in [5.41, 5.74) is 1.43. The van der Waals surface area contributed by atoms with Crippen molar-refractivity contribution in [3.63, 3.8) is 0 Å². The molecule has 1 aromatic heterocycles. The number of esters is 1. The Hall–Kier alpha value is -4.37. The first-order chi connectivity index (χ1) is 22.4. The summed E-state index contributed by atoms with van der Waals surface area (Å²) in [6, 6.07) is 3.89. The summed E-state index contributed by atoms with van der Waals surface area (Å²) in [5.74, 6) is -0.315. The Labute approximate surface area is 268 Å². The van der Waals surface area contributed by atoms with Crippen molar-refractivity contribution in [1.29, 1.82) is 0 Å². The largest absolute Gasteiger partial charge is 0.697 e. The molecule has 47 heavy (non-hydrogen) atoms. The van der Waals surface area contributed by atoms with E-state index in [0.29, 0.717) is 30.5 Å². The van der Waals surface area contributed by atoms with E-state index in [1.165, 1.54) is 17.7 Å². The first-order valence-electron chi connectivity index (χ1n) is 15.2. The van der Waals surface area contributed by atoms with Gasteiger partial charge in [0.25, 0.3) is 11.1 Å². The highest BCUT2D eigenvalue weighted by molar-refractivity contribution is 7.33. The fourth-order valence-electron chi connectivity index (χ4n) is 5.47. The predicted molar refractivity (Wildman–Crippen MR) is 169 cm³/mol. The first-order valence-corrected chi connectivity index (χ1v) is 16.3. The number of nitrogens with zero attached hydrogens (tertiary/aromatic N) is 4. The van der Waals surface area contributed by atoms with Gasteiger partial charge in [-0.05, 0) is 56.9 Å². The fraction of sp³-hybridized carbons (Fsp3) is 0.500. The Morgan fingerprint density at radius 3 is 2.49 bits per heavy atom. The lowest BCUT2D eigenvalue weighted by Gasteiger charge is -2.17. The van der Waals surface area contributed by atoms with E-state index in [1.807, 2.05) is 30.5 Å². The van der Waals surface area contributed by atoms with Crippen molar-refractivity contribution in [2.45, 2.75) is 84.8 Å². The molecule has 0 spiro atoms. The number of ether oxygens (including phenoxy) is 2. The van der Waals surface area contributed by atoms with Crippen molar-refractivity contribution in [1.82, 2.24) is 29.1 Å². The summed E-state index contributed by atoms with van der Waals surface area (Å²) >= 11 is 0. The molecule has 3 aliphatic heterocycles. The van der Waals surface area contributed by atoms with Gasteiger partial charge in [-0.1, -0.05) is 12.8 Å². The van der Waals surface area contributed by atoms with Gasteiger partial charge in [0, 0.05) is 36.2 Å². The zero-order chi connectivity index (χ0) is 33.8. The maximum Gasteiger partial charge on any atom is 0.697 e. The Morgan fingerprint density at radius 2 is 1.72 bits per heavy atom. The van der Waals surface area contributed by atoms with Crippen LogP contribution in [0.5, 0.6) is 0 Å². The van der Waals surface area contributed by atoms with E-state index in [4.69, 9.17) is 18.5 Å². The Morgan fingerprint density at radius 1 is 0.979 bits per heavy atom. The third kappa shape index (κ3) is 7.96. The quantitative estimate of drug-likeness (QED) is 0.0910. The van der Waals surface area contributed by atoms with Gasteiger partial charge >= 0.3 is 25.6 Å². The number of aromatic nitrogens is 6. The normalized spacial score (nSPS) is 18.2. The van der Waals surface area contributed by atoms with Gasteiger partial charge in [0.1, 0.15) is 31.6 Å². The van der Waals surface area contributed by atoms with E-state index in [0.717, 1.165) is 29.5 Å². The number of benzene rings is 1. The molecule has 1 aromatic carbocycles. The molecule has 1 unspecified atom stereocenters. The Bertz CT molecular complexity index is 2020. The molecule has 2 aromatic rings. The Kier molecular flexibility index (Phi) is 10.5. The predicted octanol–water partition coefficient (Wildman–Crippen LogP) is 2.53. The standard InChI is InChI=1S/C30H35N6O10P/c1-16-11-20-21(12-17(16)2)35(26-25(31-20)28(39)33-29(40)32-26)9-7-5-6-8-10-43-47(42)44-15-23-22(45-19(4)37)13-24(46-23)36-14-18(3)27(38)34-30(36)41/h11-12,14,22-24H,5-10,13,15H2,1-4H3,(H-,33,34,38,39,40,41)/p+1/t22-,23+,24+/m0/s1. The van der Waals surface area contributed by atoms with E-state index in [-0.39, 0.29) is 31.2 Å². The SMILES string of the molecule is CC(=O)O[C@H]1C[C@H](n2cc(C)c(=O)[nH]c2=O)O[C@@H]1CO[P+](=O)OCCCCCCn1c2nc(=O)[nH]c(=O)c-2nc2cc(C)c(C)cc21. The van der Waals surface area contributed by atoms with Crippen LogP contribution >= 0.6 is 8.25 Å². The molecule has 16 nitrogen and oxygen atoms in total. The number of nitrogens with one attached hydrogen (secondary N) is 2. The number of unbranched alkanes of at least 4 members (excludes halogenated alkanes) is 3. The molecule has 0 bridgehead atoms. The first kappa shape index (κ1) is 34.0. The molecule has 4 heterocycles. The summed E-state index contributed by atoms with van der Waals surface area (Å²) in [5, 5.41) is 0. The van der Waals surface area contributed by atoms with Crippen LogP contribution in [0.1, 0.15) is 61.9 Å². The van der Waals surface area contributed by atoms with Crippen LogP contribution < -0.4 is 22.5 Å².